The number of piperidine rings is 1. The second kappa shape index (κ2) is 3.32. The van der Waals surface area contributed by atoms with Gasteiger partial charge in [-0.2, -0.15) is 0 Å². The van der Waals surface area contributed by atoms with Crippen LogP contribution in [-0.2, 0) is 0 Å². The number of nitrogens with one attached hydrogen (secondary N) is 2. The zero-order valence-electron chi connectivity index (χ0n) is 7.47. The number of aliphatic hydroxyl groups excluding tert-OH is 1. The van der Waals surface area contributed by atoms with Gasteiger partial charge in [-0.3, -0.25) is 5.32 Å². The lowest BCUT2D eigenvalue weighted by Crippen LogP contribution is -2.53. The van der Waals surface area contributed by atoms with Crippen LogP contribution in [0.25, 0.3) is 0 Å². The highest BCUT2D eigenvalue weighted by molar-refractivity contribution is 4.99. The first-order valence-corrected chi connectivity index (χ1v) is 4.90. The molecule has 12 heavy (non-hydrogen) atoms. The summed E-state index contributed by atoms with van der Waals surface area (Å²) in [6.07, 6.45) is 5.21. The topological polar surface area (TPSA) is 44.3 Å². The van der Waals surface area contributed by atoms with Gasteiger partial charge in [0.2, 0.25) is 0 Å². The molecule has 2 fully saturated rings. The molecule has 0 unspecified atom stereocenters. The van der Waals surface area contributed by atoms with Gasteiger partial charge in [-0.15, -0.1) is 0 Å². The van der Waals surface area contributed by atoms with E-state index in [1.807, 2.05) is 0 Å². The molecule has 1 spiro atoms. The van der Waals surface area contributed by atoms with Crippen LogP contribution in [0.1, 0.15) is 25.7 Å². The first-order valence-electron chi connectivity index (χ1n) is 4.90. The van der Waals surface area contributed by atoms with Gasteiger partial charge in [0.15, 0.2) is 0 Å². The minimum absolute atomic E-state index is 0.138. The van der Waals surface area contributed by atoms with Gasteiger partial charge in [-0.1, -0.05) is 0 Å². The van der Waals surface area contributed by atoms with Gasteiger partial charge >= 0.3 is 0 Å². The lowest BCUT2D eigenvalue weighted by Gasteiger charge is -2.50. The highest BCUT2D eigenvalue weighted by atomic mass is 16.3. The first kappa shape index (κ1) is 8.48. The van der Waals surface area contributed by atoms with E-state index in [9.17, 15) is 0 Å². The van der Waals surface area contributed by atoms with Gasteiger partial charge in [0, 0.05) is 6.04 Å². The zero-order valence-corrected chi connectivity index (χ0v) is 7.47. The molecule has 1 aliphatic carbocycles. The number of hydrogen-bond acceptors (Lipinski definition) is 3. The Kier molecular flexibility index (Phi) is 2.35. The number of aliphatic hydroxyl groups is 1. The van der Waals surface area contributed by atoms with Crippen molar-refractivity contribution in [1.29, 1.82) is 0 Å². The Labute approximate surface area is 73.5 Å². The van der Waals surface area contributed by atoms with Crippen LogP contribution in [0.2, 0.25) is 0 Å². The maximum atomic E-state index is 8.67. The van der Waals surface area contributed by atoms with Gasteiger partial charge in [0.25, 0.3) is 0 Å². The van der Waals surface area contributed by atoms with Crippen molar-refractivity contribution in [3.05, 3.63) is 0 Å². The van der Waals surface area contributed by atoms with E-state index in [0.717, 1.165) is 0 Å². The van der Waals surface area contributed by atoms with E-state index in [-0.39, 0.29) is 6.73 Å². The molecular weight excluding hydrogens is 152 g/mol. The van der Waals surface area contributed by atoms with Crippen LogP contribution in [0.15, 0.2) is 0 Å². The molecule has 2 aliphatic rings. The lowest BCUT2D eigenvalue weighted by atomic mass is 9.61. The summed E-state index contributed by atoms with van der Waals surface area (Å²) in [5.41, 5.74) is 0.637. The lowest BCUT2D eigenvalue weighted by molar-refractivity contribution is 0.0338. The van der Waals surface area contributed by atoms with Crippen molar-refractivity contribution in [3.63, 3.8) is 0 Å². The second-order valence-electron chi connectivity index (χ2n) is 4.22. The van der Waals surface area contributed by atoms with Crippen molar-refractivity contribution in [2.45, 2.75) is 31.7 Å². The van der Waals surface area contributed by atoms with E-state index in [1.54, 1.807) is 0 Å². The van der Waals surface area contributed by atoms with Gasteiger partial charge in [-0.25, -0.2) is 0 Å². The molecule has 0 amide bonds. The number of rotatable bonds is 2. The quantitative estimate of drug-likeness (QED) is 0.513. The van der Waals surface area contributed by atoms with Crippen LogP contribution >= 0.6 is 0 Å². The molecule has 0 bridgehead atoms. The highest BCUT2D eigenvalue weighted by Gasteiger charge is 2.43. The summed E-state index contributed by atoms with van der Waals surface area (Å²) in [5.74, 6) is 0. The molecule has 1 heterocycles. The number of hydrogen-bond donors (Lipinski definition) is 3. The van der Waals surface area contributed by atoms with Crippen LogP contribution in [0.3, 0.4) is 0 Å². The summed E-state index contributed by atoms with van der Waals surface area (Å²) < 4.78 is 0. The summed E-state index contributed by atoms with van der Waals surface area (Å²) in [7, 11) is 0. The van der Waals surface area contributed by atoms with Gasteiger partial charge < -0.3 is 10.4 Å². The molecule has 1 aliphatic heterocycles. The van der Waals surface area contributed by atoms with Crippen molar-refractivity contribution in [2.24, 2.45) is 5.41 Å². The van der Waals surface area contributed by atoms with E-state index < -0.39 is 0 Å². The molecular formula is C9H18N2O. The van der Waals surface area contributed by atoms with Crippen molar-refractivity contribution in [1.82, 2.24) is 10.6 Å². The van der Waals surface area contributed by atoms with Crippen molar-refractivity contribution < 1.29 is 5.11 Å². The van der Waals surface area contributed by atoms with Crippen LogP contribution in [0.5, 0.6) is 0 Å². The Bertz CT molecular complexity index is 147. The van der Waals surface area contributed by atoms with E-state index in [2.05, 4.69) is 10.6 Å². The van der Waals surface area contributed by atoms with Gasteiger partial charge in [0.05, 0.1) is 6.73 Å². The Morgan fingerprint density at radius 1 is 1.33 bits per heavy atom. The largest absolute Gasteiger partial charge is 0.381 e. The van der Waals surface area contributed by atoms with Crippen LogP contribution in [0, 0.1) is 5.41 Å². The molecule has 0 aromatic carbocycles. The molecule has 1 saturated carbocycles. The molecule has 2 rings (SSSR count). The monoisotopic (exact) mass is 170 g/mol. The molecule has 0 atom stereocenters. The average molecular weight is 170 g/mol. The summed E-state index contributed by atoms with van der Waals surface area (Å²) in [4.78, 5) is 0. The Balaban J connectivity index is 1.77. The normalized spacial score (nSPS) is 28.8. The van der Waals surface area contributed by atoms with Gasteiger partial charge in [0.1, 0.15) is 0 Å². The third kappa shape index (κ3) is 1.49. The molecule has 3 N–H and O–H groups in total. The summed E-state index contributed by atoms with van der Waals surface area (Å²) in [6, 6.07) is 0.591. The third-order valence-electron chi connectivity index (χ3n) is 3.40. The molecule has 70 valence electrons. The van der Waals surface area contributed by atoms with Gasteiger partial charge in [-0.05, 0) is 44.2 Å². The second-order valence-corrected chi connectivity index (χ2v) is 4.22. The van der Waals surface area contributed by atoms with Crippen molar-refractivity contribution in [2.75, 3.05) is 19.8 Å². The van der Waals surface area contributed by atoms with Crippen LogP contribution in [0.4, 0.5) is 0 Å². The molecule has 3 nitrogen and oxygen atoms in total. The summed E-state index contributed by atoms with van der Waals surface area (Å²) >= 11 is 0. The maximum absolute atomic E-state index is 8.67. The minimum Gasteiger partial charge on any atom is -0.381 e. The zero-order chi connectivity index (χ0) is 8.44. The van der Waals surface area contributed by atoms with Crippen LogP contribution < -0.4 is 10.6 Å². The minimum atomic E-state index is 0.138. The fourth-order valence-electron chi connectivity index (χ4n) is 2.62. The molecule has 0 aromatic rings. The predicted molar refractivity (Wildman–Crippen MR) is 47.8 cm³/mol. The molecule has 0 aromatic heterocycles. The summed E-state index contributed by atoms with van der Waals surface area (Å²) in [6.45, 7) is 2.51. The Morgan fingerprint density at radius 3 is 2.58 bits per heavy atom. The van der Waals surface area contributed by atoms with Crippen molar-refractivity contribution >= 4 is 0 Å². The highest BCUT2D eigenvalue weighted by Crippen LogP contribution is 2.47. The van der Waals surface area contributed by atoms with Crippen molar-refractivity contribution in [3.8, 4) is 0 Å². The maximum Gasteiger partial charge on any atom is 0.0933 e. The van der Waals surface area contributed by atoms with E-state index >= 15 is 0 Å². The Morgan fingerprint density at radius 2 is 2.00 bits per heavy atom. The predicted octanol–water partition coefficient (Wildman–Crippen LogP) is 0.0580. The van der Waals surface area contributed by atoms with E-state index in [0.29, 0.717) is 11.5 Å². The van der Waals surface area contributed by atoms with E-state index in [4.69, 9.17) is 5.11 Å². The standard InChI is InChI=1S/C9H18N2O/c12-7-11-8-5-9(6-8)1-3-10-4-2-9/h8,10-12H,1-7H2. The summed E-state index contributed by atoms with van der Waals surface area (Å²) in [5, 5.41) is 15.1. The van der Waals surface area contributed by atoms with Crippen LogP contribution in [-0.4, -0.2) is 31.0 Å². The fourth-order valence-corrected chi connectivity index (χ4v) is 2.62. The fraction of sp³-hybridized carbons (Fsp3) is 1.00. The first-order chi connectivity index (χ1) is 5.85. The smallest absolute Gasteiger partial charge is 0.0933 e. The van der Waals surface area contributed by atoms with E-state index in [1.165, 1.54) is 38.8 Å². The average Bonchev–Trinajstić information content (AvgIpc) is 2.04. The SMILES string of the molecule is OCNC1CC2(CCNCC2)C1. The third-order valence-corrected chi connectivity index (χ3v) is 3.40. The molecule has 0 radical (unpaired) electrons. The molecule has 1 saturated heterocycles. The Hall–Kier alpha value is -0.120. The molecule has 3 heteroatoms.